The van der Waals surface area contributed by atoms with E-state index in [1.54, 1.807) is 7.05 Å². The maximum absolute atomic E-state index is 11.5. The van der Waals surface area contributed by atoms with Gasteiger partial charge in [0.25, 0.3) is 0 Å². The highest BCUT2D eigenvalue weighted by molar-refractivity contribution is 5.81. The Labute approximate surface area is 137 Å². The maximum atomic E-state index is 11.5. The molecular formula is C19H24N2O2. The van der Waals surface area contributed by atoms with E-state index in [0.717, 1.165) is 12.8 Å². The summed E-state index contributed by atoms with van der Waals surface area (Å²) in [6, 6.07) is 18.4. The lowest BCUT2D eigenvalue weighted by Gasteiger charge is -2.14. The number of aliphatic hydroxyl groups is 1. The van der Waals surface area contributed by atoms with Gasteiger partial charge in [-0.15, -0.1) is 0 Å². The lowest BCUT2D eigenvalue weighted by atomic mass is 10.0. The monoisotopic (exact) mass is 312 g/mol. The van der Waals surface area contributed by atoms with Gasteiger partial charge in [0, 0.05) is 7.05 Å². The van der Waals surface area contributed by atoms with Crippen LogP contribution in [0.5, 0.6) is 0 Å². The van der Waals surface area contributed by atoms with Crippen molar-refractivity contribution in [1.82, 2.24) is 10.6 Å². The molecule has 2 rings (SSSR count). The Bertz CT molecular complexity index is 597. The minimum atomic E-state index is -0.544. The zero-order valence-electron chi connectivity index (χ0n) is 13.5. The number of hydrogen-bond acceptors (Lipinski definition) is 3. The smallest absolute Gasteiger partial charge is 0.239 e. The molecule has 3 N–H and O–H groups in total. The third-order valence-electron chi connectivity index (χ3n) is 3.82. The second kappa shape index (κ2) is 9.08. The van der Waals surface area contributed by atoms with Gasteiger partial charge < -0.3 is 15.7 Å². The normalized spacial score (nSPS) is 11.9. The standard InChI is InChI=1S/C19H24N2O2/c1-20-19(23)18(14-22)21-12-11-15-7-9-17(10-8-15)13-16-5-3-2-4-6-16/h2-10,18,21-22H,11-14H2,1H3,(H,20,23). The van der Waals surface area contributed by atoms with Crippen LogP contribution >= 0.6 is 0 Å². The Morgan fingerprint density at radius 1 is 1.00 bits per heavy atom. The number of likely N-dealkylation sites (N-methyl/N-ethyl adjacent to an activating group) is 1. The minimum Gasteiger partial charge on any atom is -0.394 e. The zero-order chi connectivity index (χ0) is 16.5. The first-order valence-corrected chi connectivity index (χ1v) is 7.90. The van der Waals surface area contributed by atoms with E-state index in [2.05, 4.69) is 59.2 Å². The van der Waals surface area contributed by atoms with Gasteiger partial charge in [-0.2, -0.15) is 0 Å². The molecule has 0 aliphatic carbocycles. The first-order chi connectivity index (χ1) is 11.2. The number of nitrogens with one attached hydrogen (secondary N) is 2. The third-order valence-corrected chi connectivity index (χ3v) is 3.82. The van der Waals surface area contributed by atoms with E-state index >= 15 is 0 Å². The predicted molar refractivity (Wildman–Crippen MR) is 92.3 cm³/mol. The van der Waals surface area contributed by atoms with Gasteiger partial charge in [0.15, 0.2) is 0 Å². The van der Waals surface area contributed by atoms with Gasteiger partial charge >= 0.3 is 0 Å². The van der Waals surface area contributed by atoms with Crippen LogP contribution in [0.25, 0.3) is 0 Å². The molecule has 0 fully saturated rings. The van der Waals surface area contributed by atoms with Crippen molar-refractivity contribution < 1.29 is 9.90 Å². The molecule has 0 radical (unpaired) electrons. The van der Waals surface area contributed by atoms with Gasteiger partial charge in [-0.1, -0.05) is 54.6 Å². The summed E-state index contributed by atoms with van der Waals surface area (Å²) in [6.45, 7) is 0.451. The van der Waals surface area contributed by atoms with E-state index in [0.29, 0.717) is 6.54 Å². The van der Waals surface area contributed by atoms with Crippen molar-refractivity contribution in [2.24, 2.45) is 0 Å². The van der Waals surface area contributed by atoms with Gasteiger partial charge in [-0.25, -0.2) is 0 Å². The Kier molecular flexibility index (Phi) is 6.78. The van der Waals surface area contributed by atoms with Crippen molar-refractivity contribution >= 4 is 5.91 Å². The number of aliphatic hydroxyl groups excluding tert-OH is 1. The van der Waals surface area contributed by atoms with Crippen LogP contribution in [0, 0.1) is 0 Å². The van der Waals surface area contributed by atoms with Crippen molar-refractivity contribution in [2.75, 3.05) is 20.2 Å². The van der Waals surface area contributed by atoms with Gasteiger partial charge in [0.1, 0.15) is 6.04 Å². The molecule has 0 bridgehead atoms. The summed E-state index contributed by atoms with van der Waals surface area (Å²) in [5, 5.41) is 14.8. The van der Waals surface area contributed by atoms with Crippen molar-refractivity contribution in [2.45, 2.75) is 18.9 Å². The fraction of sp³-hybridized carbons (Fsp3) is 0.316. The molecular weight excluding hydrogens is 288 g/mol. The summed E-state index contributed by atoms with van der Waals surface area (Å²) in [4.78, 5) is 11.5. The fourth-order valence-corrected chi connectivity index (χ4v) is 2.46. The third kappa shape index (κ3) is 5.51. The Morgan fingerprint density at radius 3 is 2.22 bits per heavy atom. The summed E-state index contributed by atoms with van der Waals surface area (Å²) in [6.07, 6.45) is 1.75. The van der Waals surface area contributed by atoms with Gasteiger partial charge in [0.2, 0.25) is 5.91 Å². The Hall–Kier alpha value is -2.17. The van der Waals surface area contributed by atoms with Gasteiger partial charge in [0.05, 0.1) is 6.61 Å². The molecule has 23 heavy (non-hydrogen) atoms. The SMILES string of the molecule is CNC(=O)C(CO)NCCc1ccc(Cc2ccccc2)cc1. The summed E-state index contributed by atoms with van der Waals surface area (Å²) in [5.41, 5.74) is 3.80. The summed E-state index contributed by atoms with van der Waals surface area (Å²) in [5.74, 6) is -0.189. The lowest BCUT2D eigenvalue weighted by Crippen LogP contribution is -2.46. The molecule has 2 aromatic rings. The summed E-state index contributed by atoms with van der Waals surface area (Å²) in [7, 11) is 1.57. The number of carbonyl (C=O) groups excluding carboxylic acids is 1. The molecule has 1 amide bonds. The van der Waals surface area contributed by atoms with Crippen molar-refractivity contribution in [1.29, 1.82) is 0 Å². The number of hydrogen-bond donors (Lipinski definition) is 3. The number of amides is 1. The van der Waals surface area contributed by atoms with Crippen LogP contribution in [0.15, 0.2) is 54.6 Å². The van der Waals surface area contributed by atoms with E-state index < -0.39 is 6.04 Å². The molecule has 0 heterocycles. The van der Waals surface area contributed by atoms with Gasteiger partial charge in [-0.3, -0.25) is 4.79 Å². The molecule has 0 saturated heterocycles. The molecule has 4 nitrogen and oxygen atoms in total. The van der Waals surface area contributed by atoms with Crippen molar-refractivity contribution in [3.63, 3.8) is 0 Å². The molecule has 1 atom stereocenters. The first-order valence-electron chi connectivity index (χ1n) is 7.90. The van der Waals surface area contributed by atoms with Crippen LogP contribution in [0.1, 0.15) is 16.7 Å². The second-order valence-electron chi connectivity index (χ2n) is 5.53. The predicted octanol–water partition coefficient (Wildman–Crippen LogP) is 1.52. The first kappa shape index (κ1) is 17.2. The van der Waals surface area contributed by atoms with Crippen LogP contribution in [0.4, 0.5) is 0 Å². The molecule has 0 aliphatic heterocycles. The van der Waals surface area contributed by atoms with E-state index in [4.69, 9.17) is 0 Å². The van der Waals surface area contributed by atoms with Crippen LogP contribution in [-0.2, 0) is 17.6 Å². The second-order valence-corrected chi connectivity index (χ2v) is 5.53. The molecule has 122 valence electrons. The number of rotatable bonds is 8. The van der Waals surface area contributed by atoms with Crippen molar-refractivity contribution in [3.05, 3.63) is 71.3 Å². The highest BCUT2D eigenvalue weighted by Crippen LogP contribution is 2.11. The van der Waals surface area contributed by atoms with E-state index in [1.165, 1.54) is 16.7 Å². The van der Waals surface area contributed by atoms with Crippen LogP contribution in [0.2, 0.25) is 0 Å². The molecule has 0 spiro atoms. The molecule has 0 aliphatic rings. The highest BCUT2D eigenvalue weighted by Gasteiger charge is 2.14. The average molecular weight is 312 g/mol. The van der Waals surface area contributed by atoms with E-state index in [1.807, 2.05) is 6.07 Å². The largest absolute Gasteiger partial charge is 0.394 e. The van der Waals surface area contributed by atoms with Crippen LogP contribution < -0.4 is 10.6 Å². The van der Waals surface area contributed by atoms with E-state index in [-0.39, 0.29) is 12.5 Å². The van der Waals surface area contributed by atoms with Crippen LogP contribution in [-0.4, -0.2) is 37.3 Å². The fourth-order valence-electron chi connectivity index (χ4n) is 2.46. The zero-order valence-corrected chi connectivity index (χ0v) is 13.5. The topological polar surface area (TPSA) is 61.4 Å². The molecule has 0 aromatic heterocycles. The molecule has 2 aromatic carbocycles. The number of carbonyl (C=O) groups is 1. The number of benzene rings is 2. The minimum absolute atomic E-state index is 0.189. The Morgan fingerprint density at radius 2 is 1.61 bits per heavy atom. The van der Waals surface area contributed by atoms with Crippen molar-refractivity contribution in [3.8, 4) is 0 Å². The Balaban J connectivity index is 1.82. The van der Waals surface area contributed by atoms with E-state index in [9.17, 15) is 9.90 Å². The summed E-state index contributed by atoms with van der Waals surface area (Å²) < 4.78 is 0. The lowest BCUT2D eigenvalue weighted by molar-refractivity contribution is -0.123. The average Bonchev–Trinajstić information content (AvgIpc) is 2.60. The van der Waals surface area contributed by atoms with Crippen LogP contribution in [0.3, 0.4) is 0 Å². The maximum Gasteiger partial charge on any atom is 0.239 e. The molecule has 1 unspecified atom stereocenters. The quantitative estimate of drug-likeness (QED) is 0.692. The highest BCUT2D eigenvalue weighted by atomic mass is 16.3. The van der Waals surface area contributed by atoms with Gasteiger partial charge in [-0.05, 0) is 36.1 Å². The molecule has 4 heteroatoms. The molecule has 0 saturated carbocycles. The summed E-state index contributed by atoms with van der Waals surface area (Å²) >= 11 is 0.